The third-order valence-electron chi connectivity index (χ3n) is 3.64. The summed E-state index contributed by atoms with van der Waals surface area (Å²) in [6.45, 7) is 11.6. The van der Waals surface area contributed by atoms with Crippen molar-refractivity contribution in [2.75, 3.05) is 11.3 Å². The van der Waals surface area contributed by atoms with Gasteiger partial charge in [-0.3, -0.25) is 9.40 Å². The van der Waals surface area contributed by atoms with E-state index < -0.39 is 10.0 Å². The number of aryl methyl sites for hydroxylation is 4. The maximum atomic E-state index is 12.8. The van der Waals surface area contributed by atoms with Crippen LogP contribution in [0.25, 0.3) is 0 Å². The Morgan fingerprint density at radius 3 is 2.08 bits per heavy atom. The molecule has 0 bridgehead atoms. The first kappa shape index (κ1) is 18.2. The van der Waals surface area contributed by atoms with Crippen molar-refractivity contribution < 1.29 is 13.2 Å². The molecular formula is C15H23N5O3S. The van der Waals surface area contributed by atoms with E-state index in [1.165, 1.54) is 0 Å². The smallest absolute Gasteiger partial charge is 0.316 e. The van der Waals surface area contributed by atoms with Crippen LogP contribution in [-0.2, 0) is 16.6 Å². The lowest BCUT2D eigenvalue weighted by atomic mass is 10.3. The van der Waals surface area contributed by atoms with E-state index in [1.807, 2.05) is 13.8 Å². The monoisotopic (exact) mass is 353 g/mol. The number of hydrogen-bond donors (Lipinski definition) is 1. The van der Waals surface area contributed by atoms with Gasteiger partial charge < -0.3 is 4.74 Å². The van der Waals surface area contributed by atoms with Gasteiger partial charge in [0.2, 0.25) is 0 Å². The summed E-state index contributed by atoms with van der Waals surface area (Å²) in [6, 6.07) is 0.238. The number of sulfonamides is 1. The molecule has 132 valence electrons. The first-order chi connectivity index (χ1) is 11.2. The van der Waals surface area contributed by atoms with Gasteiger partial charge in [-0.05, 0) is 41.5 Å². The van der Waals surface area contributed by atoms with Gasteiger partial charge in [0.25, 0.3) is 10.0 Å². The van der Waals surface area contributed by atoms with Gasteiger partial charge in [0.1, 0.15) is 4.90 Å². The third kappa shape index (κ3) is 3.35. The van der Waals surface area contributed by atoms with E-state index in [9.17, 15) is 8.42 Å². The van der Waals surface area contributed by atoms with Crippen molar-refractivity contribution in [3.63, 3.8) is 0 Å². The Labute approximate surface area is 142 Å². The topological polar surface area (TPSA) is 99.0 Å². The van der Waals surface area contributed by atoms with Crippen molar-refractivity contribution in [2.24, 2.45) is 0 Å². The number of nitrogens with one attached hydrogen (secondary N) is 1. The minimum Gasteiger partial charge on any atom is -0.464 e. The Hall–Kier alpha value is -2.16. The molecule has 2 aromatic rings. The van der Waals surface area contributed by atoms with Crippen LogP contribution in [0, 0.1) is 27.7 Å². The van der Waals surface area contributed by atoms with Gasteiger partial charge in [-0.15, -0.1) is 0 Å². The Bertz CT molecular complexity index is 835. The molecule has 0 spiro atoms. The van der Waals surface area contributed by atoms with Crippen LogP contribution in [0.2, 0.25) is 0 Å². The van der Waals surface area contributed by atoms with Crippen molar-refractivity contribution in [3.8, 4) is 6.01 Å². The minimum absolute atomic E-state index is 0.192. The fourth-order valence-corrected chi connectivity index (χ4v) is 4.18. The Morgan fingerprint density at radius 2 is 1.62 bits per heavy atom. The number of hydrogen-bond acceptors (Lipinski definition) is 6. The normalized spacial score (nSPS) is 11.6. The van der Waals surface area contributed by atoms with Crippen molar-refractivity contribution >= 4 is 15.7 Å². The highest BCUT2D eigenvalue weighted by Crippen LogP contribution is 2.26. The Balaban J connectivity index is 2.46. The van der Waals surface area contributed by atoms with E-state index in [0.29, 0.717) is 41.6 Å². The summed E-state index contributed by atoms with van der Waals surface area (Å²) in [5.41, 5.74) is 2.44. The van der Waals surface area contributed by atoms with Gasteiger partial charge in [0, 0.05) is 6.54 Å². The highest BCUT2D eigenvalue weighted by atomic mass is 32.2. The number of nitrogens with zero attached hydrogens (tertiary/aromatic N) is 4. The van der Waals surface area contributed by atoms with E-state index in [4.69, 9.17) is 4.74 Å². The second-order valence-corrected chi connectivity index (χ2v) is 7.03. The molecule has 8 nitrogen and oxygen atoms in total. The van der Waals surface area contributed by atoms with Crippen LogP contribution in [0.3, 0.4) is 0 Å². The van der Waals surface area contributed by atoms with E-state index in [1.54, 1.807) is 32.4 Å². The molecule has 2 rings (SSSR count). The van der Waals surface area contributed by atoms with Crippen LogP contribution in [0.15, 0.2) is 4.90 Å². The zero-order valence-electron chi connectivity index (χ0n) is 14.8. The molecule has 9 heteroatoms. The lowest BCUT2D eigenvalue weighted by Crippen LogP contribution is -2.18. The SMILES string of the molecule is CCOc1nc(C)c(NS(=O)(=O)c2c(C)nn(CC)c2C)c(C)n1. The van der Waals surface area contributed by atoms with Crippen LogP contribution in [0.4, 0.5) is 5.69 Å². The van der Waals surface area contributed by atoms with Crippen molar-refractivity contribution in [1.29, 1.82) is 0 Å². The summed E-state index contributed by atoms with van der Waals surface area (Å²) in [6.07, 6.45) is 0. The molecule has 0 radical (unpaired) electrons. The summed E-state index contributed by atoms with van der Waals surface area (Å²) in [4.78, 5) is 8.57. The lowest BCUT2D eigenvalue weighted by molar-refractivity contribution is 0.311. The predicted molar refractivity (Wildman–Crippen MR) is 90.9 cm³/mol. The number of ether oxygens (including phenoxy) is 1. The van der Waals surface area contributed by atoms with Crippen LogP contribution in [-0.4, -0.2) is 34.8 Å². The minimum atomic E-state index is -3.79. The van der Waals surface area contributed by atoms with Crippen molar-refractivity contribution in [3.05, 3.63) is 22.8 Å². The summed E-state index contributed by atoms with van der Waals surface area (Å²) < 4.78 is 35.2. The van der Waals surface area contributed by atoms with Gasteiger partial charge in [-0.1, -0.05) is 0 Å². The third-order valence-corrected chi connectivity index (χ3v) is 5.24. The fraction of sp³-hybridized carbons (Fsp3) is 0.533. The molecule has 0 fully saturated rings. The molecule has 0 saturated heterocycles. The summed E-state index contributed by atoms with van der Waals surface area (Å²) >= 11 is 0. The first-order valence-corrected chi connectivity index (χ1v) is 9.24. The van der Waals surface area contributed by atoms with Gasteiger partial charge in [-0.25, -0.2) is 8.42 Å². The second-order valence-electron chi connectivity index (χ2n) is 5.41. The van der Waals surface area contributed by atoms with Crippen molar-refractivity contribution in [2.45, 2.75) is 53.0 Å². The fourth-order valence-electron chi connectivity index (χ4n) is 2.59. The molecule has 0 saturated carbocycles. The van der Waals surface area contributed by atoms with Gasteiger partial charge in [0.05, 0.1) is 35.1 Å². The largest absolute Gasteiger partial charge is 0.464 e. The number of anilines is 1. The zero-order chi connectivity index (χ0) is 18.1. The van der Waals surface area contributed by atoms with Gasteiger partial charge in [0.15, 0.2) is 0 Å². The molecule has 1 N–H and O–H groups in total. The molecule has 0 aliphatic rings. The maximum absolute atomic E-state index is 12.8. The summed E-state index contributed by atoms with van der Waals surface area (Å²) in [5.74, 6) is 0. The first-order valence-electron chi connectivity index (χ1n) is 7.76. The van der Waals surface area contributed by atoms with E-state index in [0.717, 1.165) is 0 Å². The van der Waals surface area contributed by atoms with E-state index in [2.05, 4.69) is 19.8 Å². The quantitative estimate of drug-likeness (QED) is 0.854. The van der Waals surface area contributed by atoms with Crippen LogP contribution >= 0.6 is 0 Å². The highest BCUT2D eigenvalue weighted by molar-refractivity contribution is 7.92. The number of aromatic nitrogens is 4. The lowest BCUT2D eigenvalue weighted by Gasteiger charge is -2.13. The zero-order valence-corrected chi connectivity index (χ0v) is 15.7. The molecule has 2 heterocycles. The van der Waals surface area contributed by atoms with E-state index >= 15 is 0 Å². The van der Waals surface area contributed by atoms with Crippen LogP contribution in [0.1, 0.15) is 36.6 Å². The van der Waals surface area contributed by atoms with Crippen LogP contribution < -0.4 is 9.46 Å². The van der Waals surface area contributed by atoms with Gasteiger partial charge in [-0.2, -0.15) is 15.1 Å². The molecular weight excluding hydrogens is 330 g/mol. The van der Waals surface area contributed by atoms with E-state index in [-0.39, 0.29) is 10.9 Å². The molecule has 0 aliphatic heterocycles. The predicted octanol–water partition coefficient (Wildman–Crippen LogP) is 2.13. The standard InChI is InChI=1S/C15H23N5O3S/c1-7-20-12(6)14(11(5)18-20)24(21,22)19-13-9(3)16-15(23-8-2)17-10(13)4/h19H,7-8H2,1-6H3. The maximum Gasteiger partial charge on any atom is 0.316 e. The average Bonchev–Trinajstić information content (AvgIpc) is 2.78. The van der Waals surface area contributed by atoms with Crippen molar-refractivity contribution in [1.82, 2.24) is 19.7 Å². The molecule has 0 unspecified atom stereocenters. The molecule has 0 amide bonds. The highest BCUT2D eigenvalue weighted by Gasteiger charge is 2.26. The molecule has 0 aromatic carbocycles. The average molecular weight is 353 g/mol. The molecule has 0 aliphatic carbocycles. The summed E-state index contributed by atoms with van der Waals surface area (Å²) in [5, 5.41) is 4.27. The van der Waals surface area contributed by atoms with Crippen LogP contribution in [0.5, 0.6) is 6.01 Å². The molecule has 0 atom stereocenters. The molecule has 24 heavy (non-hydrogen) atoms. The second kappa shape index (κ2) is 6.76. The Morgan fingerprint density at radius 1 is 1.04 bits per heavy atom. The Kier molecular flexibility index (Phi) is 5.12. The molecule has 2 aromatic heterocycles. The summed E-state index contributed by atoms with van der Waals surface area (Å²) in [7, 11) is -3.79. The number of rotatable bonds is 6. The van der Waals surface area contributed by atoms with Gasteiger partial charge >= 0.3 is 6.01 Å².